The summed E-state index contributed by atoms with van der Waals surface area (Å²) in [5.74, 6) is 0.559. The molecule has 1 aliphatic carbocycles. The molecule has 9 heavy (non-hydrogen) atoms. The van der Waals surface area contributed by atoms with Crippen molar-refractivity contribution in [2.24, 2.45) is 5.92 Å². The highest BCUT2D eigenvalue weighted by Gasteiger charge is 2.13. The third-order valence-corrected chi connectivity index (χ3v) is 1.93. The molecule has 0 N–H and O–H groups in total. The first-order valence-electron chi connectivity index (χ1n) is 3.61. The number of hydrogen-bond acceptors (Lipinski definition) is 0. The topological polar surface area (TPSA) is 36.4 Å². The van der Waals surface area contributed by atoms with E-state index in [9.17, 15) is 0 Å². The van der Waals surface area contributed by atoms with Crippen molar-refractivity contribution < 1.29 is 4.79 Å². The fourth-order valence-corrected chi connectivity index (χ4v) is 1.38. The Hall–Kier alpha value is -0.620. The molecule has 1 fully saturated rings. The summed E-state index contributed by atoms with van der Waals surface area (Å²) in [5, 5.41) is 0. The fourth-order valence-electron chi connectivity index (χ4n) is 1.38. The van der Waals surface area contributed by atoms with Crippen LogP contribution >= 0.6 is 0 Å². The minimum absolute atomic E-state index is 0.559. The monoisotopic (exact) mass is 124 g/mol. The van der Waals surface area contributed by atoms with Crippen LogP contribution in [0, 0.1) is 5.92 Å². The van der Waals surface area contributed by atoms with Crippen molar-refractivity contribution in [1.82, 2.24) is 0 Å². The van der Waals surface area contributed by atoms with E-state index in [0.29, 0.717) is 5.92 Å². The van der Waals surface area contributed by atoms with Gasteiger partial charge in [-0.3, -0.25) is 0 Å². The molecular weight excluding hydrogens is 112 g/mol. The summed E-state index contributed by atoms with van der Waals surface area (Å²) in [7, 11) is 0. The van der Waals surface area contributed by atoms with Gasteiger partial charge in [-0.05, 0) is 12.8 Å². The van der Waals surface area contributed by atoms with E-state index < -0.39 is 0 Å². The lowest BCUT2D eigenvalue weighted by Gasteiger charge is -2.12. The highest BCUT2D eigenvalue weighted by Crippen LogP contribution is 2.21. The highest BCUT2D eigenvalue weighted by molar-refractivity contribution is 5.54. The summed E-state index contributed by atoms with van der Waals surface area (Å²) in [6, 6.07) is 0. The molecule has 1 saturated carbocycles. The number of nitrogens with zero attached hydrogens (tertiary/aromatic N) is 2. The molecule has 0 unspecified atom stereocenters. The summed E-state index contributed by atoms with van der Waals surface area (Å²) in [6.45, 7) is 0. The van der Waals surface area contributed by atoms with Crippen molar-refractivity contribution in [2.75, 3.05) is 0 Å². The molecule has 0 atom stereocenters. The van der Waals surface area contributed by atoms with Gasteiger partial charge in [0.25, 0.3) is 6.21 Å². The maximum atomic E-state index is 8.19. The van der Waals surface area contributed by atoms with Gasteiger partial charge in [-0.25, -0.2) is 0 Å². The van der Waals surface area contributed by atoms with Crippen molar-refractivity contribution in [1.29, 1.82) is 0 Å². The Balaban J connectivity index is 2.31. The van der Waals surface area contributed by atoms with Crippen LogP contribution in [0.5, 0.6) is 0 Å². The van der Waals surface area contributed by atoms with E-state index in [0.717, 1.165) is 0 Å². The zero-order valence-corrected chi connectivity index (χ0v) is 5.58. The van der Waals surface area contributed by atoms with Gasteiger partial charge in [0.1, 0.15) is 0 Å². The Morgan fingerprint density at radius 1 is 1.22 bits per heavy atom. The second-order valence-electron chi connectivity index (χ2n) is 2.66. The number of hydrogen-bond donors (Lipinski definition) is 0. The molecule has 0 heterocycles. The summed E-state index contributed by atoms with van der Waals surface area (Å²) >= 11 is 0. The summed E-state index contributed by atoms with van der Waals surface area (Å²) in [4.78, 5) is 3.03. The van der Waals surface area contributed by atoms with Crippen LogP contribution in [0.3, 0.4) is 0 Å². The Morgan fingerprint density at radius 2 is 1.89 bits per heavy atom. The SMILES string of the molecule is [N-]=[N+]=CC1CCCCC1. The lowest BCUT2D eigenvalue weighted by molar-refractivity contribution is -0.00448. The third kappa shape index (κ3) is 1.98. The molecule has 0 aliphatic heterocycles. The molecule has 0 aromatic rings. The van der Waals surface area contributed by atoms with E-state index >= 15 is 0 Å². The maximum absolute atomic E-state index is 8.19. The molecule has 0 saturated heterocycles. The molecule has 1 rings (SSSR count). The summed E-state index contributed by atoms with van der Waals surface area (Å²) < 4.78 is 0. The average molecular weight is 124 g/mol. The maximum Gasteiger partial charge on any atom is 0.260 e. The minimum Gasteiger partial charge on any atom is -0.362 e. The van der Waals surface area contributed by atoms with Crippen LogP contribution in [0.15, 0.2) is 0 Å². The van der Waals surface area contributed by atoms with E-state index in [4.69, 9.17) is 5.53 Å². The molecule has 0 amide bonds. The lowest BCUT2D eigenvalue weighted by Crippen LogP contribution is -2.07. The average Bonchev–Trinajstić information content (AvgIpc) is 1.91. The predicted octanol–water partition coefficient (Wildman–Crippen LogP) is 1.87. The Morgan fingerprint density at radius 3 is 2.44 bits per heavy atom. The van der Waals surface area contributed by atoms with E-state index in [1.165, 1.54) is 32.1 Å². The summed E-state index contributed by atoms with van der Waals surface area (Å²) in [5.41, 5.74) is 8.19. The predicted molar refractivity (Wildman–Crippen MR) is 36.3 cm³/mol. The van der Waals surface area contributed by atoms with Crippen molar-refractivity contribution in [3.05, 3.63) is 5.53 Å². The van der Waals surface area contributed by atoms with Gasteiger partial charge >= 0.3 is 0 Å². The smallest absolute Gasteiger partial charge is 0.260 e. The van der Waals surface area contributed by atoms with Crippen LogP contribution in [0.25, 0.3) is 5.53 Å². The van der Waals surface area contributed by atoms with Gasteiger partial charge in [0.05, 0.1) is 5.92 Å². The van der Waals surface area contributed by atoms with Crippen LogP contribution in [-0.4, -0.2) is 11.0 Å². The standard InChI is InChI=1S/C7H12N2/c8-9-6-7-4-2-1-3-5-7/h6-7H,1-5H2. The van der Waals surface area contributed by atoms with Crippen LogP contribution in [0.2, 0.25) is 0 Å². The second kappa shape index (κ2) is 3.41. The molecule has 0 aromatic carbocycles. The molecule has 2 heteroatoms. The van der Waals surface area contributed by atoms with Gasteiger partial charge in [-0.2, -0.15) is 4.79 Å². The van der Waals surface area contributed by atoms with E-state index in [1.807, 2.05) is 0 Å². The molecule has 50 valence electrons. The van der Waals surface area contributed by atoms with E-state index in [-0.39, 0.29) is 0 Å². The Labute approximate surface area is 55.5 Å². The fraction of sp³-hybridized carbons (Fsp3) is 0.857. The third-order valence-electron chi connectivity index (χ3n) is 1.93. The van der Waals surface area contributed by atoms with Crippen molar-refractivity contribution in [3.8, 4) is 0 Å². The second-order valence-corrected chi connectivity index (χ2v) is 2.66. The quantitative estimate of drug-likeness (QED) is 0.291. The first-order chi connectivity index (χ1) is 4.43. The van der Waals surface area contributed by atoms with Gasteiger partial charge in [-0.15, -0.1) is 0 Å². The van der Waals surface area contributed by atoms with E-state index in [1.54, 1.807) is 6.21 Å². The van der Waals surface area contributed by atoms with Crippen LogP contribution in [0.4, 0.5) is 0 Å². The van der Waals surface area contributed by atoms with Crippen molar-refractivity contribution in [2.45, 2.75) is 32.1 Å². The minimum atomic E-state index is 0.559. The number of rotatable bonds is 1. The van der Waals surface area contributed by atoms with Gasteiger partial charge in [-0.1, -0.05) is 19.3 Å². The highest BCUT2D eigenvalue weighted by atomic mass is 14.8. The Bertz CT molecular complexity index is 119. The van der Waals surface area contributed by atoms with Crippen LogP contribution < -0.4 is 0 Å². The largest absolute Gasteiger partial charge is 0.362 e. The van der Waals surface area contributed by atoms with Gasteiger partial charge in [0.2, 0.25) is 0 Å². The first-order valence-corrected chi connectivity index (χ1v) is 3.61. The molecule has 0 bridgehead atoms. The van der Waals surface area contributed by atoms with Crippen LogP contribution in [0.1, 0.15) is 32.1 Å². The van der Waals surface area contributed by atoms with Gasteiger partial charge < -0.3 is 5.53 Å². The molecule has 2 nitrogen and oxygen atoms in total. The molecule has 0 radical (unpaired) electrons. The van der Waals surface area contributed by atoms with Crippen molar-refractivity contribution >= 4 is 6.21 Å². The normalized spacial score (nSPS) is 20.9. The van der Waals surface area contributed by atoms with Crippen molar-refractivity contribution in [3.63, 3.8) is 0 Å². The first kappa shape index (κ1) is 6.50. The van der Waals surface area contributed by atoms with Gasteiger partial charge in [0, 0.05) is 0 Å². The molecule has 0 aromatic heterocycles. The van der Waals surface area contributed by atoms with Gasteiger partial charge in [0.15, 0.2) is 0 Å². The molecule has 0 spiro atoms. The summed E-state index contributed by atoms with van der Waals surface area (Å²) in [6.07, 6.45) is 8.05. The lowest BCUT2D eigenvalue weighted by atomic mass is 9.90. The zero-order valence-electron chi connectivity index (χ0n) is 5.58. The molecule has 1 aliphatic rings. The van der Waals surface area contributed by atoms with E-state index in [2.05, 4.69) is 4.79 Å². The zero-order chi connectivity index (χ0) is 6.53. The van der Waals surface area contributed by atoms with Crippen LogP contribution in [-0.2, 0) is 0 Å². The Kier molecular flexibility index (Phi) is 2.47. The molecular formula is C7H12N2.